The van der Waals surface area contributed by atoms with Gasteiger partial charge in [0, 0.05) is 35.6 Å². The summed E-state index contributed by atoms with van der Waals surface area (Å²) in [5.74, 6) is 0.313. The molecule has 2 saturated heterocycles. The minimum absolute atomic E-state index is 0.00737. The van der Waals surface area contributed by atoms with Gasteiger partial charge >= 0.3 is 0 Å². The molecule has 7 rings (SSSR count). The Hall–Kier alpha value is -2.04. The molecule has 3 aliphatic carbocycles. The Labute approximate surface area is 183 Å². The first-order chi connectivity index (χ1) is 14.7. The summed E-state index contributed by atoms with van der Waals surface area (Å²) in [6.07, 6.45) is 10.4. The first-order valence-electron chi connectivity index (χ1n) is 12.0. The van der Waals surface area contributed by atoms with Crippen molar-refractivity contribution in [2.45, 2.75) is 96.2 Å². The maximum absolute atomic E-state index is 14.6. The standard InChI is InChI=1S/C26H33FN2O2/c1-15(19-13-28-21-7-6-20(27)24(23(19)21)31-18-4-5-18)8-22(30)29-16-9-25(2)10-17(29)12-26(3,11-16)14-25/h6-7,13,15-18,28H,4-5,8-12,14H2,1-3H3. The van der Waals surface area contributed by atoms with Crippen LogP contribution in [0.25, 0.3) is 10.9 Å². The first-order valence-corrected chi connectivity index (χ1v) is 12.0. The van der Waals surface area contributed by atoms with Crippen molar-refractivity contribution >= 4 is 16.8 Å². The normalized spacial score (nSPS) is 35.0. The fourth-order valence-electron chi connectivity index (χ4n) is 7.53. The monoisotopic (exact) mass is 424 g/mol. The number of nitrogens with zero attached hydrogens (tertiary/aromatic N) is 1. The van der Waals surface area contributed by atoms with Crippen LogP contribution < -0.4 is 4.74 Å². The van der Waals surface area contributed by atoms with Crippen LogP contribution in [0.2, 0.25) is 0 Å². The predicted molar refractivity (Wildman–Crippen MR) is 119 cm³/mol. The summed E-state index contributed by atoms with van der Waals surface area (Å²) < 4.78 is 20.6. The zero-order valence-electron chi connectivity index (χ0n) is 18.8. The fourth-order valence-corrected chi connectivity index (χ4v) is 7.53. The number of fused-ring (bicyclic) bond motifs is 1. The van der Waals surface area contributed by atoms with Crippen molar-refractivity contribution in [2.75, 3.05) is 0 Å². The van der Waals surface area contributed by atoms with Crippen LogP contribution in [0.3, 0.4) is 0 Å². The zero-order chi connectivity index (χ0) is 21.5. The van der Waals surface area contributed by atoms with E-state index in [1.807, 2.05) is 6.20 Å². The molecule has 0 spiro atoms. The van der Waals surface area contributed by atoms with Crippen molar-refractivity contribution in [2.24, 2.45) is 10.8 Å². The second-order valence-corrected chi connectivity index (χ2v) is 11.7. The summed E-state index contributed by atoms with van der Waals surface area (Å²) in [7, 11) is 0. The van der Waals surface area contributed by atoms with E-state index in [1.54, 1.807) is 6.07 Å². The summed E-state index contributed by atoms with van der Waals surface area (Å²) in [5.41, 5.74) is 2.68. The smallest absolute Gasteiger partial charge is 0.223 e. The Balaban J connectivity index is 1.26. The van der Waals surface area contributed by atoms with E-state index in [1.165, 1.54) is 12.5 Å². The lowest BCUT2D eigenvalue weighted by Gasteiger charge is -2.64. The highest BCUT2D eigenvalue weighted by molar-refractivity contribution is 5.91. The highest BCUT2D eigenvalue weighted by Crippen LogP contribution is 2.61. The molecular weight excluding hydrogens is 391 g/mol. The molecule has 5 aliphatic rings. The second kappa shape index (κ2) is 6.49. The summed E-state index contributed by atoms with van der Waals surface area (Å²) in [5, 5.41) is 0.812. The van der Waals surface area contributed by atoms with Crippen LogP contribution in [0.15, 0.2) is 18.3 Å². The number of nitrogens with one attached hydrogen (secondary N) is 1. The Kier molecular flexibility index (Phi) is 4.11. The third kappa shape index (κ3) is 3.18. The molecule has 31 heavy (non-hydrogen) atoms. The molecule has 3 heterocycles. The van der Waals surface area contributed by atoms with Gasteiger partial charge in [-0.1, -0.05) is 20.8 Å². The van der Waals surface area contributed by atoms with Crippen molar-refractivity contribution in [1.82, 2.24) is 9.88 Å². The van der Waals surface area contributed by atoms with Crippen molar-refractivity contribution in [3.05, 3.63) is 29.7 Å². The number of amides is 1. The Morgan fingerprint density at radius 3 is 2.45 bits per heavy atom. The molecule has 1 N–H and O–H groups in total. The first kappa shape index (κ1) is 19.6. The Bertz CT molecular complexity index is 1020. The quantitative estimate of drug-likeness (QED) is 0.648. The van der Waals surface area contributed by atoms with Gasteiger partial charge in [0.2, 0.25) is 5.91 Å². The summed E-state index contributed by atoms with van der Waals surface area (Å²) in [6, 6.07) is 4.03. The largest absolute Gasteiger partial charge is 0.487 e. The van der Waals surface area contributed by atoms with Gasteiger partial charge in [-0.25, -0.2) is 4.39 Å². The lowest BCUT2D eigenvalue weighted by molar-refractivity contribution is -0.168. The van der Waals surface area contributed by atoms with E-state index in [0.717, 1.165) is 55.0 Å². The van der Waals surface area contributed by atoms with Gasteiger partial charge in [0.1, 0.15) is 0 Å². The van der Waals surface area contributed by atoms with Crippen LogP contribution in [0.1, 0.15) is 83.6 Å². The number of hydrogen-bond acceptors (Lipinski definition) is 2. The molecule has 166 valence electrons. The van der Waals surface area contributed by atoms with Gasteiger partial charge in [0.25, 0.3) is 0 Å². The number of benzene rings is 1. The van der Waals surface area contributed by atoms with Gasteiger partial charge < -0.3 is 14.6 Å². The third-order valence-electron chi connectivity index (χ3n) is 8.44. The van der Waals surface area contributed by atoms with Crippen molar-refractivity contribution in [3.63, 3.8) is 0 Å². The highest BCUT2D eigenvalue weighted by Gasteiger charge is 2.58. The van der Waals surface area contributed by atoms with E-state index in [9.17, 15) is 9.18 Å². The molecule has 1 unspecified atom stereocenters. The molecule has 5 heteroatoms. The van der Waals surface area contributed by atoms with E-state index in [0.29, 0.717) is 35.1 Å². The Morgan fingerprint density at radius 2 is 1.84 bits per heavy atom. The molecule has 1 aromatic heterocycles. The average molecular weight is 425 g/mol. The fraction of sp³-hybridized carbons (Fsp3) is 0.654. The lowest BCUT2D eigenvalue weighted by atomic mass is 9.50. The lowest BCUT2D eigenvalue weighted by Crippen LogP contribution is -2.65. The number of hydrogen-bond donors (Lipinski definition) is 1. The number of halogens is 1. The van der Waals surface area contributed by atoms with Gasteiger partial charge in [0.15, 0.2) is 11.6 Å². The summed E-state index contributed by atoms with van der Waals surface area (Å²) in [6.45, 7) is 6.94. The molecule has 4 nitrogen and oxygen atoms in total. The Morgan fingerprint density at radius 1 is 1.19 bits per heavy atom. The van der Waals surface area contributed by atoms with Crippen molar-refractivity contribution in [3.8, 4) is 5.75 Å². The van der Waals surface area contributed by atoms with Gasteiger partial charge in [-0.15, -0.1) is 0 Å². The molecule has 4 bridgehead atoms. The number of carbonyl (C=O) groups is 1. The average Bonchev–Trinajstić information content (AvgIpc) is 3.37. The molecule has 0 radical (unpaired) electrons. The van der Waals surface area contributed by atoms with Crippen LogP contribution in [0.5, 0.6) is 5.75 Å². The number of carbonyl (C=O) groups excluding carboxylic acids is 1. The molecule has 1 atom stereocenters. The number of rotatable bonds is 5. The molecule has 3 saturated carbocycles. The van der Waals surface area contributed by atoms with Gasteiger partial charge in [-0.05, 0) is 79.4 Å². The van der Waals surface area contributed by atoms with E-state index < -0.39 is 0 Å². The molecule has 2 aliphatic heterocycles. The number of H-pyrrole nitrogens is 1. The zero-order valence-corrected chi connectivity index (χ0v) is 18.8. The van der Waals surface area contributed by atoms with Gasteiger partial charge in [-0.3, -0.25) is 4.79 Å². The summed E-state index contributed by atoms with van der Waals surface area (Å²) >= 11 is 0. The van der Waals surface area contributed by atoms with E-state index >= 15 is 0 Å². The third-order valence-corrected chi connectivity index (χ3v) is 8.44. The van der Waals surface area contributed by atoms with E-state index in [-0.39, 0.29) is 23.7 Å². The number of aromatic nitrogens is 1. The van der Waals surface area contributed by atoms with Crippen LogP contribution >= 0.6 is 0 Å². The van der Waals surface area contributed by atoms with Crippen molar-refractivity contribution in [1.29, 1.82) is 0 Å². The van der Waals surface area contributed by atoms with E-state index in [2.05, 4.69) is 30.7 Å². The maximum Gasteiger partial charge on any atom is 0.223 e. The minimum Gasteiger partial charge on any atom is -0.487 e. The van der Waals surface area contributed by atoms with Crippen molar-refractivity contribution < 1.29 is 13.9 Å². The van der Waals surface area contributed by atoms with Gasteiger partial charge in [-0.2, -0.15) is 0 Å². The van der Waals surface area contributed by atoms with Crippen LogP contribution in [0, 0.1) is 16.6 Å². The minimum atomic E-state index is -0.315. The number of piperidine rings is 2. The summed E-state index contributed by atoms with van der Waals surface area (Å²) in [4.78, 5) is 19.1. The topological polar surface area (TPSA) is 45.3 Å². The molecular formula is C26H33FN2O2. The number of aromatic amines is 1. The van der Waals surface area contributed by atoms with Crippen LogP contribution in [0.4, 0.5) is 4.39 Å². The predicted octanol–water partition coefficient (Wildman–Crippen LogP) is 5.91. The van der Waals surface area contributed by atoms with Crippen LogP contribution in [-0.2, 0) is 4.79 Å². The molecule has 2 aromatic rings. The van der Waals surface area contributed by atoms with Gasteiger partial charge in [0.05, 0.1) is 6.10 Å². The van der Waals surface area contributed by atoms with Crippen LogP contribution in [-0.4, -0.2) is 34.0 Å². The highest BCUT2D eigenvalue weighted by atomic mass is 19.1. The molecule has 1 amide bonds. The van der Waals surface area contributed by atoms with E-state index in [4.69, 9.17) is 4.74 Å². The SMILES string of the molecule is CC(CC(=O)N1C2CC3(C)CC1CC(C)(C2)C3)c1c[nH]c2ccc(F)c(OC3CC3)c12. The molecule has 5 fully saturated rings. The second-order valence-electron chi connectivity index (χ2n) is 11.7. The maximum atomic E-state index is 14.6. The number of ether oxygens (including phenoxy) is 1. The molecule has 1 aromatic carbocycles.